The van der Waals surface area contributed by atoms with E-state index in [4.69, 9.17) is 5.11 Å². The van der Waals surface area contributed by atoms with E-state index in [2.05, 4.69) is 17.2 Å². The van der Waals surface area contributed by atoms with Gasteiger partial charge in [0.25, 0.3) is 0 Å². The Bertz CT molecular complexity index is 464. The van der Waals surface area contributed by atoms with E-state index in [1.54, 1.807) is 0 Å². The normalized spacial score (nSPS) is 23.0. The van der Waals surface area contributed by atoms with Crippen LogP contribution in [-0.4, -0.2) is 22.0 Å². The smallest absolute Gasteiger partial charge is 0.355 e. The Morgan fingerprint density at radius 3 is 2.68 bits per heavy atom. The van der Waals surface area contributed by atoms with Crippen LogP contribution in [0.25, 0.3) is 0 Å². The monoisotopic (exact) mass is 282 g/mol. The Kier molecular flexibility index (Phi) is 4.52. The van der Waals surface area contributed by atoms with Gasteiger partial charge in [0.15, 0.2) is 5.69 Å². The molecule has 0 spiro atoms. The van der Waals surface area contributed by atoms with Crippen molar-refractivity contribution in [3.8, 4) is 0 Å². The molecular weight excluding hydrogens is 264 g/mol. The first-order chi connectivity index (χ1) is 9.06. The molecule has 1 heterocycles. The van der Waals surface area contributed by atoms with Gasteiger partial charge in [-0.2, -0.15) is 0 Å². The zero-order valence-electron chi connectivity index (χ0n) is 10.9. The highest BCUT2D eigenvalue weighted by Crippen LogP contribution is 2.28. The lowest BCUT2D eigenvalue weighted by atomic mass is 9.82. The lowest BCUT2D eigenvalue weighted by molar-refractivity contribution is -0.126. The molecule has 0 radical (unpaired) electrons. The summed E-state index contributed by atoms with van der Waals surface area (Å²) in [7, 11) is 0. The number of nitrogens with zero attached hydrogens (tertiary/aromatic N) is 1. The number of nitrogens with one attached hydrogen (secondary N) is 1. The van der Waals surface area contributed by atoms with E-state index >= 15 is 0 Å². The average Bonchev–Trinajstić information content (AvgIpc) is 2.86. The van der Waals surface area contributed by atoms with Gasteiger partial charge in [-0.1, -0.05) is 6.92 Å². The molecule has 2 rings (SSSR count). The Labute approximate surface area is 116 Å². The van der Waals surface area contributed by atoms with E-state index in [1.807, 2.05) is 0 Å². The second kappa shape index (κ2) is 6.14. The Morgan fingerprint density at radius 2 is 2.11 bits per heavy atom. The van der Waals surface area contributed by atoms with Gasteiger partial charge >= 0.3 is 5.97 Å². The number of aromatic carboxylic acids is 1. The third-order valence-electron chi connectivity index (χ3n) is 3.57. The standard InChI is InChI=1S/C13H18N2O3S/c1-8-2-4-9(5-3-8)12(16)14-6-11-15-10(7-19-11)13(17)18/h7-9H,2-6H2,1H3,(H,14,16)(H,17,18). The maximum Gasteiger partial charge on any atom is 0.355 e. The number of carboxylic acid groups (broad SMARTS) is 1. The molecule has 0 saturated heterocycles. The van der Waals surface area contributed by atoms with Crippen molar-refractivity contribution >= 4 is 23.2 Å². The number of hydrogen-bond donors (Lipinski definition) is 2. The highest BCUT2D eigenvalue weighted by atomic mass is 32.1. The summed E-state index contributed by atoms with van der Waals surface area (Å²) in [4.78, 5) is 26.6. The highest BCUT2D eigenvalue weighted by Gasteiger charge is 2.24. The number of thiazole rings is 1. The molecule has 1 aromatic rings. The van der Waals surface area contributed by atoms with Crippen molar-refractivity contribution in [3.05, 3.63) is 16.1 Å². The van der Waals surface area contributed by atoms with Crippen LogP contribution < -0.4 is 5.32 Å². The first-order valence-electron chi connectivity index (χ1n) is 6.51. The molecule has 19 heavy (non-hydrogen) atoms. The summed E-state index contributed by atoms with van der Waals surface area (Å²) in [6, 6.07) is 0. The van der Waals surface area contributed by atoms with Crippen LogP contribution in [0.2, 0.25) is 0 Å². The number of carboxylic acids is 1. The number of amides is 1. The highest BCUT2D eigenvalue weighted by molar-refractivity contribution is 7.09. The molecule has 1 aliphatic rings. The molecule has 1 fully saturated rings. The number of carbonyl (C=O) groups excluding carboxylic acids is 1. The van der Waals surface area contributed by atoms with Crippen LogP contribution in [-0.2, 0) is 11.3 Å². The summed E-state index contributed by atoms with van der Waals surface area (Å²) in [5, 5.41) is 13.7. The van der Waals surface area contributed by atoms with Gasteiger partial charge in [0, 0.05) is 11.3 Å². The van der Waals surface area contributed by atoms with Crippen molar-refractivity contribution in [3.63, 3.8) is 0 Å². The average molecular weight is 282 g/mol. The second-order valence-electron chi connectivity index (χ2n) is 5.11. The first-order valence-corrected chi connectivity index (χ1v) is 7.39. The Morgan fingerprint density at radius 1 is 1.42 bits per heavy atom. The molecule has 0 atom stereocenters. The molecule has 5 nitrogen and oxygen atoms in total. The number of aromatic nitrogens is 1. The van der Waals surface area contributed by atoms with E-state index in [-0.39, 0.29) is 17.5 Å². The van der Waals surface area contributed by atoms with Crippen LogP contribution in [0, 0.1) is 11.8 Å². The second-order valence-corrected chi connectivity index (χ2v) is 6.05. The lowest BCUT2D eigenvalue weighted by Crippen LogP contribution is -2.32. The van der Waals surface area contributed by atoms with Gasteiger partial charge in [0.1, 0.15) is 5.01 Å². The fourth-order valence-electron chi connectivity index (χ4n) is 2.32. The Balaban J connectivity index is 1.81. The van der Waals surface area contributed by atoms with Gasteiger partial charge < -0.3 is 10.4 Å². The topological polar surface area (TPSA) is 79.3 Å². The SMILES string of the molecule is CC1CCC(C(=O)NCc2nc(C(=O)O)cs2)CC1. The van der Waals surface area contributed by atoms with E-state index in [0.717, 1.165) is 31.6 Å². The molecule has 1 aliphatic carbocycles. The molecule has 1 aromatic heterocycles. The van der Waals surface area contributed by atoms with Crippen LogP contribution in [0.15, 0.2) is 5.38 Å². The summed E-state index contributed by atoms with van der Waals surface area (Å²) in [5.41, 5.74) is 0.0424. The zero-order valence-corrected chi connectivity index (χ0v) is 11.7. The fraction of sp³-hybridized carbons (Fsp3) is 0.615. The summed E-state index contributed by atoms with van der Waals surface area (Å²) in [5.74, 6) is -0.134. The summed E-state index contributed by atoms with van der Waals surface area (Å²) < 4.78 is 0. The molecule has 6 heteroatoms. The first kappa shape index (κ1) is 14.0. The Hall–Kier alpha value is -1.43. The predicted octanol–water partition coefficient (Wildman–Crippen LogP) is 2.28. The van der Waals surface area contributed by atoms with Crippen LogP contribution >= 0.6 is 11.3 Å². The van der Waals surface area contributed by atoms with Gasteiger partial charge in [0.05, 0.1) is 6.54 Å². The van der Waals surface area contributed by atoms with Gasteiger partial charge in [-0.25, -0.2) is 9.78 Å². The van der Waals surface area contributed by atoms with Crippen molar-refractivity contribution < 1.29 is 14.7 Å². The molecule has 1 saturated carbocycles. The van der Waals surface area contributed by atoms with Gasteiger partial charge in [-0.15, -0.1) is 11.3 Å². The quantitative estimate of drug-likeness (QED) is 0.888. The molecule has 1 amide bonds. The number of rotatable bonds is 4. The van der Waals surface area contributed by atoms with Crippen LogP contribution in [0.4, 0.5) is 0 Å². The van der Waals surface area contributed by atoms with Gasteiger partial charge in [0.2, 0.25) is 5.91 Å². The number of carbonyl (C=O) groups is 2. The van der Waals surface area contributed by atoms with Gasteiger partial charge in [-0.3, -0.25) is 4.79 Å². The molecule has 0 unspecified atom stereocenters. The van der Waals surface area contributed by atoms with E-state index < -0.39 is 5.97 Å². The summed E-state index contributed by atoms with van der Waals surface area (Å²) in [6.45, 7) is 2.54. The van der Waals surface area contributed by atoms with E-state index in [1.165, 1.54) is 16.7 Å². The van der Waals surface area contributed by atoms with Crippen LogP contribution in [0.5, 0.6) is 0 Å². The van der Waals surface area contributed by atoms with Crippen molar-refractivity contribution in [2.75, 3.05) is 0 Å². The van der Waals surface area contributed by atoms with E-state index in [9.17, 15) is 9.59 Å². The van der Waals surface area contributed by atoms with E-state index in [0.29, 0.717) is 11.6 Å². The number of hydrogen-bond acceptors (Lipinski definition) is 4. The molecule has 0 bridgehead atoms. The predicted molar refractivity (Wildman–Crippen MR) is 72.0 cm³/mol. The van der Waals surface area contributed by atoms with Gasteiger partial charge in [-0.05, 0) is 31.6 Å². The minimum Gasteiger partial charge on any atom is -0.476 e. The summed E-state index contributed by atoms with van der Waals surface area (Å²) >= 11 is 1.26. The summed E-state index contributed by atoms with van der Waals surface area (Å²) in [6.07, 6.45) is 4.12. The molecule has 104 valence electrons. The zero-order chi connectivity index (χ0) is 13.8. The lowest BCUT2D eigenvalue weighted by Gasteiger charge is -2.25. The molecule has 2 N–H and O–H groups in total. The molecule has 0 aromatic carbocycles. The minimum atomic E-state index is -1.03. The van der Waals surface area contributed by atoms with Crippen LogP contribution in [0.1, 0.15) is 48.1 Å². The minimum absolute atomic E-state index is 0.0424. The van der Waals surface area contributed by atoms with Crippen molar-refractivity contribution in [2.24, 2.45) is 11.8 Å². The molecule has 0 aliphatic heterocycles. The van der Waals surface area contributed by atoms with Crippen molar-refractivity contribution in [1.82, 2.24) is 10.3 Å². The maximum atomic E-state index is 12.0. The van der Waals surface area contributed by atoms with Crippen molar-refractivity contribution in [1.29, 1.82) is 0 Å². The third-order valence-corrected chi connectivity index (χ3v) is 4.42. The van der Waals surface area contributed by atoms with Crippen molar-refractivity contribution in [2.45, 2.75) is 39.2 Å². The largest absolute Gasteiger partial charge is 0.476 e. The fourth-order valence-corrected chi connectivity index (χ4v) is 3.03. The third kappa shape index (κ3) is 3.76. The van der Waals surface area contributed by atoms with Crippen LogP contribution in [0.3, 0.4) is 0 Å². The molecular formula is C13H18N2O3S. The maximum absolute atomic E-state index is 12.0.